The van der Waals surface area contributed by atoms with E-state index in [1.165, 1.54) is 6.07 Å². The second kappa shape index (κ2) is 5.55. The summed E-state index contributed by atoms with van der Waals surface area (Å²) in [6.07, 6.45) is 0. The van der Waals surface area contributed by atoms with Gasteiger partial charge in [0.05, 0.1) is 5.56 Å². The summed E-state index contributed by atoms with van der Waals surface area (Å²) in [4.78, 5) is 11.9. The van der Waals surface area contributed by atoms with Crippen molar-refractivity contribution in [2.75, 3.05) is 6.54 Å². The molecule has 0 saturated carbocycles. The Bertz CT molecular complexity index is 570. The first-order chi connectivity index (χ1) is 9.09. The molecule has 100 valence electrons. The highest BCUT2D eigenvalue weighted by molar-refractivity contribution is 5.94. The first kappa shape index (κ1) is 13.1. The van der Waals surface area contributed by atoms with Crippen molar-refractivity contribution in [1.29, 1.82) is 0 Å². The molecule has 1 unspecified atom stereocenters. The predicted molar refractivity (Wildman–Crippen MR) is 66.1 cm³/mol. The number of aromatic amines is 1. The Morgan fingerprint density at radius 1 is 1.53 bits per heavy atom. The lowest BCUT2D eigenvalue weighted by Gasteiger charge is -2.10. The normalized spacial score (nSPS) is 12.2. The zero-order valence-corrected chi connectivity index (χ0v) is 10.6. The van der Waals surface area contributed by atoms with Crippen molar-refractivity contribution < 1.29 is 9.18 Å². The average molecular weight is 263 g/mol. The number of carbonyl (C=O) groups excluding carboxylic acids is 1. The Kier molecular flexibility index (Phi) is 3.84. The van der Waals surface area contributed by atoms with Gasteiger partial charge >= 0.3 is 0 Å². The van der Waals surface area contributed by atoms with Gasteiger partial charge in [-0.15, -0.1) is 10.2 Å². The van der Waals surface area contributed by atoms with Crippen LogP contribution < -0.4 is 5.32 Å². The molecule has 1 aromatic heterocycles. The van der Waals surface area contributed by atoms with Crippen molar-refractivity contribution in [3.8, 4) is 0 Å². The van der Waals surface area contributed by atoms with Gasteiger partial charge < -0.3 is 5.32 Å². The van der Waals surface area contributed by atoms with E-state index in [9.17, 15) is 9.18 Å². The second-order valence-electron chi connectivity index (χ2n) is 4.32. The van der Waals surface area contributed by atoms with Crippen molar-refractivity contribution in [2.24, 2.45) is 0 Å². The molecule has 6 nitrogen and oxygen atoms in total. The quantitative estimate of drug-likeness (QED) is 0.867. The molecule has 0 fully saturated rings. The molecule has 0 bridgehead atoms. The smallest absolute Gasteiger partial charge is 0.254 e. The number of tetrazole rings is 1. The largest absolute Gasteiger partial charge is 0.351 e. The van der Waals surface area contributed by atoms with Crippen LogP contribution in [0.2, 0.25) is 0 Å². The van der Waals surface area contributed by atoms with Crippen molar-refractivity contribution in [3.05, 3.63) is 41.0 Å². The van der Waals surface area contributed by atoms with Gasteiger partial charge in [-0.25, -0.2) is 4.39 Å². The molecule has 2 N–H and O–H groups in total. The van der Waals surface area contributed by atoms with Gasteiger partial charge in [0.1, 0.15) is 5.82 Å². The van der Waals surface area contributed by atoms with Crippen LogP contribution in [0.1, 0.15) is 34.6 Å². The molecule has 2 aromatic rings. The Labute approximate surface area is 109 Å². The molecule has 0 aliphatic rings. The van der Waals surface area contributed by atoms with Crippen LogP contribution in [-0.4, -0.2) is 33.1 Å². The maximum Gasteiger partial charge on any atom is 0.254 e. The van der Waals surface area contributed by atoms with E-state index >= 15 is 0 Å². The van der Waals surface area contributed by atoms with Crippen LogP contribution in [0.25, 0.3) is 0 Å². The number of nitrogens with one attached hydrogen (secondary N) is 2. The summed E-state index contributed by atoms with van der Waals surface area (Å²) in [7, 11) is 0. The third-order valence-electron chi connectivity index (χ3n) is 2.81. The second-order valence-corrected chi connectivity index (χ2v) is 4.32. The molecule has 1 amide bonds. The van der Waals surface area contributed by atoms with E-state index in [4.69, 9.17) is 0 Å². The summed E-state index contributed by atoms with van der Waals surface area (Å²) in [6.45, 7) is 3.78. The molecule has 1 atom stereocenters. The van der Waals surface area contributed by atoms with Gasteiger partial charge in [-0.05, 0) is 18.6 Å². The molecule has 0 spiro atoms. The number of aryl methyl sites for hydroxylation is 1. The van der Waals surface area contributed by atoms with E-state index < -0.39 is 11.7 Å². The number of benzene rings is 1. The van der Waals surface area contributed by atoms with E-state index in [0.29, 0.717) is 17.9 Å². The van der Waals surface area contributed by atoms with Gasteiger partial charge in [0.2, 0.25) is 0 Å². The van der Waals surface area contributed by atoms with Gasteiger partial charge in [-0.3, -0.25) is 4.79 Å². The fraction of sp³-hybridized carbons (Fsp3) is 0.333. The molecular weight excluding hydrogens is 249 g/mol. The van der Waals surface area contributed by atoms with Crippen LogP contribution in [-0.2, 0) is 0 Å². The number of aromatic nitrogens is 4. The number of hydrogen-bond donors (Lipinski definition) is 2. The first-order valence-corrected chi connectivity index (χ1v) is 5.86. The predicted octanol–water partition coefficient (Wildman–Crippen LogP) is 1.18. The lowest BCUT2D eigenvalue weighted by Crippen LogP contribution is -2.28. The molecule has 1 heterocycles. The van der Waals surface area contributed by atoms with Gasteiger partial charge in [-0.2, -0.15) is 5.21 Å². The van der Waals surface area contributed by atoms with E-state index in [0.717, 1.165) is 0 Å². The first-order valence-electron chi connectivity index (χ1n) is 5.86. The molecule has 0 radical (unpaired) electrons. The topological polar surface area (TPSA) is 83.6 Å². The Hall–Kier alpha value is -2.31. The minimum Gasteiger partial charge on any atom is -0.351 e. The van der Waals surface area contributed by atoms with E-state index in [-0.39, 0.29) is 11.5 Å². The molecular formula is C12H14FN5O. The van der Waals surface area contributed by atoms with E-state index in [2.05, 4.69) is 25.9 Å². The van der Waals surface area contributed by atoms with Gasteiger partial charge in [-0.1, -0.05) is 24.3 Å². The third kappa shape index (κ3) is 2.93. The maximum atomic E-state index is 13.7. The summed E-state index contributed by atoms with van der Waals surface area (Å²) >= 11 is 0. The highest BCUT2D eigenvalue weighted by Gasteiger charge is 2.15. The summed E-state index contributed by atoms with van der Waals surface area (Å²) in [5.41, 5.74) is 0.485. The van der Waals surface area contributed by atoms with Gasteiger partial charge in [0.25, 0.3) is 5.91 Å². The number of amides is 1. The summed E-state index contributed by atoms with van der Waals surface area (Å²) < 4.78 is 13.7. The van der Waals surface area contributed by atoms with Crippen LogP contribution in [0.5, 0.6) is 0 Å². The number of H-pyrrole nitrogens is 1. The summed E-state index contributed by atoms with van der Waals surface area (Å²) in [6, 6.07) is 4.72. The van der Waals surface area contributed by atoms with Gasteiger partial charge in [0, 0.05) is 12.5 Å². The zero-order valence-electron chi connectivity index (χ0n) is 10.6. The third-order valence-corrected chi connectivity index (χ3v) is 2.81. The van der Waals surface area contributed by atoms with E-state index in [1.54, 1.807) is 19.1 Å². The van der Waals surface area contributed by atoms with Gasteiger partial charge in [0.15, 0.2) is 5.82 Å². The Morgan fingerprint density at radius 2 is 2.32 bits per heavy atom. The number of nitrogens with zero attached hydrogens (tertiary/aromatic N) is 3. The number of carbonyl (C=O) groups is 1. The summed E-state index contributed by atoms with van der Waals surface area (Å²) in [5.74, 6) is -0.538. The fourth-order valence-electron chi connectivity index (χ4n) is 1.63. The van der Waals surface area contributed by atoms with Crippen molar-refractivity contribution in [3.63, 3.8) is 0 Å². The summed E-state index contributed by atoms with van der Waals surface area (Å²) in [5, 5.41) is 16.1. The Morgan fingerprint density at radius 3 is 3.00 bits per heavy atom. The van der Waals surface area contributed by atoms with Crippen molar-refractivity contribution >= 4 is 5.91 Å². The minimum atomic E-state index is -0.493. The molecule has 0 saturated heterocycles. The lowest BCUT2D eigenvalue weighted by molar-refractivity contribution is 0.0947. The lowest BCUT2D eigenvalue weighted by atomic mass is 10.1. The number of halogens is 1. The monoisotopic (exact) mass is 263 g/mol. The molecule has 1 aromatic carbocycles. The van der Waals surface area contributed by atoms with Crippen LogP contribution in [0.4, 0.5) is 4.39 Å². The van der Waals surface area contributed by atoms with Crippen LogP contribution >= 0.6 is 0 Å². The molecule has 0 aliphatic carbocycles. The highest BCUT2D eigenvalue weighted by atomic mass is 19.1. The minimum absolute atomic E-state index is 0.0420. The van der Waals surface area contributed by atoms with Crippen molar-refractivity contribution in [1.82, 2.24) is 25.9 Å². The van der Waals surface area contributed by atoms with Crippen LogP contribution in [0, 0.1) is 12.7 Å². The molecule has 0 aliphatic heterocycles. The zero-order chi connectivity index (χ0) is 13.8. The number of rotatable bonds is 4. The number of hydrogen-bond acceptors (Lipinski definition) is 4. The standard InChI is InChI=1S/C12H14FN5O/c1-7-4-3-5-9(10(7)13)12(19)14-6-8(2)11-15-17-18-16-11/h3-5,8H,6H2,1-2H3,(H,14,19)(H,15,16,17,18). The van der Waals surface area contributed by atoms with Crippen molar-refractivity contribution in [2.45, 2.75) is 19.8 Å². The fourth-order valence-corrected chi connectivity index (χ4v) is 1.63. The van der Waals surface area contributed by atoms with Crippen LogP contribution in [0.15, 0.2) is 18.2 Å². The van der Waals surface area contributed by atoms with Crippen LogP contribution in [0.3, 0.4) is 0 Å². The average Bonchev–Trinajstić information content (AvgIpc) is 2.93. The van der Waals surface area contributed by atoms with E-state index in [1.807, 2.05) is 6.92 Å². The maximum absolute atomic E-state index is 13.7. The SMILES string of the molecule is Cc1cccc(C(=O)NCC(C)c2nn[nH]n2)c1F. The molecule has 19 heavy (non-hydrogen) atoms. The molecule has 7 heteroatoms. The highest BCUT2D eigenvalue weighted by Crippen LogP contribution is 2.12. The Balaban J connectivity index is 2.00. The molecule has 2 rings (SSSR count).